The lowest BCUT2D eigenvalue weighted by Crippen LogP contribution is -2.29. The Labute approximate surface area is 144 Å². The summed E-state index contributed by atoms with van der Waals surface area (Å²) in [6.45, 7) is 0. The number of benzene rings is 2. The summed E-state index contributed by atoms with van der Waals surface area (Å²) in [7, 11) is 1.62. The third kappa shape index (κ3) is 2.41. The van der Waals surface area contributed by atoms with E-state index >= 15 is 0 Å². The number of ether oxygens (including phenoxy) is 1. The molecule has 25 heavy (non-hydrogen) atoms. The van der Waals surface area contributed by atoms with Crippen molar-refractivity contribution in [1.29, 1.82) is 0 Å². The Hall–Kier alpha value is -3.02. The number of nitro benzene ring substituents is 1. The van der Waals surface area contributed by atoms with Crippen molar-refractivity contribution < 1.29 is 14.8 Å². The average Bonchev–Trinajstić information content (AvgIpc) is 3.11. The van der Waals surface area contributed by atoms with Gasteiger partial charge in [-0.05, 0) is 36.1 Å². The third-order valence-electron chi connectivity index (χ3n) is 5.15. The van der Waals surface area contributed by atoms with Crippen molar-refractivity contribution in [3.8, 4) is 11.5 Å². The number of hydrogen-bond acceptors (Lipinski definition) is 5. The van der Waals surface area contributed by atoms with Gasteiger partial charge in [0.05, 0.1) is 29.3 Å². The molecule has 0 radical (unpaired) electrons. The van der Waals surface area contributed by atoms with Gasteiger partial charge in [-0.15, -0.1) is 0 Å². The average molecular weight is 338 g/mol. The zero-order chi connectivity index (χ0) is 17.6. The number of allylic oxidation sites excluding steroid dienone is 2. The minimum Gasteiger partial charge on any atom is -0.506 e. The largest absolute Gasteiger partial charge is 0.506 e. The first-order chi connectivity index (χ1) is 12.1. The van der Waals surface area contributed by atoms with Gasteiger partial charge in [0, 0.05) is 12.0 Å². The lowest BCUT2D eigenvalue weighted by atomic mass is 9.76. The molecule has 1 heterocycles. The van der Waals surface area contributed by atoms with Crippen LogP contribution in [0.2, 0.25) is 0 Å². The van der Waals surface area contributed by atoms with Crippen molar-refractivity contribution in [2.75, 3.05) is 12.4 Å². The van der Waals surface area contributed by atoms with E-state index in [2.05, 4.69) is 11.4 Å². The third-order valence-corrected chi connectivity index (χ3v) is 5.15. The van der Waals surface area contributed by atoms with E-state index in [9.17, 15) is 15.2 Å². The summed E-state index contributed by atoms with van der Waals surface area (Å²) >= 11 is 0. The molecule has 2 N–H and O–H groups in total. The summed E-state index contributed by atoms with van der Waals surface area (Å²) in [5.41, 5.74) is 2.16. The maximum absolute atomic E-state index is 11.5. The van der Waals surface area contributed by atoms with Gasteiger partial charge in [0.15, 0.2) is 0 Å². The van der Waals surface area contributed by atoms with Crippen LogP contribution in [0.25, 0.3) is 0 Å². The van der Waals surface area contributed by atoms with Crippen molar-refractivity contribution in [3.05, 3.63) is 69.8 Å². The van der Waals surface area contributed by atoms with Crippen LogP contribution in [-0.2, 0) is 0 Å². The summed E-state index contributed by atoms with van der Waals surface area (Å²) in [5.74, 6) is 0.898. The maximum atomic E-state index is 11.5. The topological polar surface area (TPSA) is 84.6 Å². The molecule has 6 nitrogen and oxygen atoms in total. The number of nitro groups is 1. The SMILES string of the molecule is COc1ccc(C2Nc3c(O)ccc([N+](=O)[O-])c3C3C=CCC32)cc1. The normalized spacial score (nSPS) is 23.5. The van der Waals surface area contributed by atoms with Crippen molar-refractivity contribution >= 4 is 11.4 Å². The molecule has 0 fully saturated rings. The minimum atomic E-state index is -0.378. The minimum absolute atomic E-state index is 0.0358. The summed E-state index contributed by atoms with van der Waals surface area (Å²) < 4.78 is 5.21. The Balaban J connectivity index is 1.82. The number of anilines is 1. The van der Waals surface area contributed by atoms with Gasteiger partial charge in [-0.25, -0.2) is 0 Å². The summed E-state index contributed by atoms with van der Waals surface area (Å²) in [4.78, 5) is 11.1. The van der Waals surface area contributed by atoms with Gasteiger partial charge in [0.25, 0.3) is 5.69 Å². The fourth-order valence-electron chi connectivity index (χ4n) is 3.98. The summed E-state index contributed by atoms with van der Waals surface area (Å²) in [6.07, 6.45) is 4.92. The number of fused-ring (bicyclic) bond motifs is 3. The molecule has 4 rings (SSSR count). The van der Waals surface area contributed by atoms with Gasteiger partial charge in [-0.3, -0.25) is 10.1 Å². The Bertz CT molecular complexity index is 860. The van der Waals surface area contributed by atoms with Gasteiger partial charge in [-0.2, -0.15) is 0 Å². The first kappa shape index (κ1) is 15.5. The van der Waals surface area contributed by atoms with Crippen molar-refractivity contribution in [3.63, 3.8) is 0 Å². The van der Waals surface area contributed by atoms with E-state index in [1.165, 1.54) is 12.1 Å². The first-order valence-electron chi connectivity index (χ1n) is 8.17. The number of nitrogens with one attached hydrogen (secondary N) is 1. The molecule has 0 bridgehead atoms. The van der Waals surface area contributed by atoms with E-state index in [1.54, 1.807) is 7.11 Å². The monoisotopic (exact) mass is 338 g/mol. The molecule has 2 aromatic rings. The molecule has 0 aromatic heterocycles. The molecule has 0 spiro atoms. The van der Waals surface area contributed by atoms with Crippen LogP contribution >= 0.6 is 0 Å². The Morgan fingerprint density at radius 1 is 1.24 bits per heavy atom. The van der Waals surface area contributed by atoms with Gasteiger partial charge >= 0.3 is 0 Å². The van der Waals surface area contributed by atoms with E-state index < -0.39 is 0 Å². The summed E-state index contributed by atoms with van der Waals surface area (Å²) in [5, 5.41) is 25.1. The highest BCUT2D eigenvalue weighted by Gasteiger charge is 2.42. The first-order valence-corrected chi connectivity index (χ1v) is 8.17. The number of phenolic OH excluding ortho intramolecular Hbond substituents is 1. The molecule has 0 saturated heterocycles. The molecule has 128 valence electrons. The Morgan fingerprint density at radius 2 is 2.00 bits per heavy atom. The molecule has 1 aliphatic heterocycles. The zero-order valence-corrected chi connectivity index (χ0v) is 13.7. The van der Waals surface area contributed by atoms with E-state index in [0.717, 1.165) is 17.7 Å². The van der Waals surface area contributed by atoms with Crippen molar-refractivity contribution in [2.24, 2.45) is 5.92 Å². The Kier molecular flexibility index (Phi) is 3.60. The van der Waals surface area contributed by atoms with E-state index in [0.29, 0.717) is 11.3 Å². The quantitative estimate of drug-likeness (QED) is 0.380. The number of phenols is 1. The number of rotatable bonds is 3. The van der Waals surface area contributed by atoms with Crippen LogP contribution in [0.1, 0.15) is 29.5 Å². The fraction of sp³-hybridized carbons (Fsp3) is 0.263. The molecule has 0 saturated carbocycles. The van der Waals surface area contributed by atoms with Crippen LogP contribution in [0, 0.1) is 16.0 Å². The lowest BCUT2D eigenvalue weighted by molar-refractivity contribution is -0.385. The fourth-order valence-corrected chi connectivity index (χ4v) is 3.98. The predicted octanol–water partition coefficient (Wildman–Crippen LogP) is 4.14. The molecular weight excluding hydrogens is 320 g/mol. The highest BCUT2D eigenvalue weighted by atomic mass is 16.6. The van der Waals surface area contributed by atoms with Crippen molar-refractivity contribution in [1.82, 2.24) is 0 Å². The standard InChI is InChI=1S/C19H18N2O4/c1-25-12-7-5-11(6-8-12)18-14-4-2-3-13(14)17-15(21(23)24)9-10-16(22)19(17)20-18/h2-3,5-10,13-14,18,20,22H,4H2,1H3. The predicted molar refractivity (Wildman–Crippen MR) is 94.1 cm³/mol. The van der Waals surface area contributed by atoms with Gasteiger partial charge in [-0.1, -0.05) is 24.3 Å². The van der Waals surface area contributed by atoms with E-state index in [-0.39, 0.29) is 34.2 Å². The second-order valence-electron chi connectivity index (χ2n) is 6.40. The van der Waals surface area contributed by atoms with Gasteiger partial charge < -0.3 is 15.2 Å². The molecule has 2 aromatic carbocycles. The van der Waals surface area contributed by atoms with Crippen molar-refractivity contribution in [2.45, 2.75) is 18.4 Å². The van der Waals surface area contributed by atoms with Crippen LogP contribution in [-0.4, -0.2) is 17.1 Å². The van der Waals surface area contributed by atoms with E-state index in [1.807, 2.05) is 30.3 Å². The van der Waals surface area contributed by atoms with Crippen LogP contribution in [0.4, 0.5) is 11.4 Å². The second kappa shape index (κ2) is 5.81. The van der Waals surface area contributed by atoms with Gasteiger partial charge in [0.1, 0.15) is 11.5 Å². The molecule has 0 amide bonds. The van der Waals surface area contributed by atoms with Crippen LogP contribution < -0.4 is 10.1 Å². The maximum Gasteiger partial charge on any atom is 0.275 e. The molecular formula is C19H18N2O4. The molecule has 3 unspecified atom stereocenters. The smallest absolute Gasteiger partial charge is 0.275 e. The number of aromatic hydroxyl groups is 1. The number of methoxy groups -OCH3 is 1. The molecule has 1 aliphatic carbocycles. The zero-order valence-electron chi connectivity index (χ0n) is 13.7. The molecule has 2 aliphatic rings. The molecule has 6 heteroatoms. The van der Waals surface area contributed by atoms with Crippen LogP contribution in [0.3, 0.4) is 0 Å². The number of nitrogens with zero attached hydrogens (tertiary/aromatic N) is 1. The second-order valence-corrected chi connectivity index (χ2v) is 6.40. The van der Waals surface area contributed by atoms with Gasteiger partial charge in [0.2, 0.25) is 0 Å². The summed E-state index contributed by atoms with van der Waals surface area (Å²) in [6, 6.07) is 10.5. The highest BCUT2D eigenvalue weighted by molar-refractivity contribution is 5.73. The molecule has 3 atom stereocenters. The van der Waals surface area contributed by atoms with Crippen LogP contribution in [0.5, 0.6) is 11.5 Å². The highest BCUT2D eigenvalue weighted by Crippen LogP contribution is 2.54. The lowest BCUT2D eigenvalue weighted by Gasteiger charge is -2.37. The number of hydrogen-bond donors (Lipinski definition) is 2. The van der Waals surface area contributed by atoms with E-state index in [4.69, 9.17) is 4.74 Å². The van der Waals surface area contributed by atoms with Crippen LogP contribution in [0.15, 0.2) is 48.6 Å². The Morgan fingerprint density at radius 3 is 2.68 bits per heavy atom.